The van der Waals surface area contributed by atoms with Gasteiger partial charge in [-0.1, -0.05) is 0 Å². The Balaban J connectivity index is 2.28. The second-order valence-corrected chi connectivity index (χ2v) is 3.98. The molecule has 19 heavy (non-hydrogen) atoms. The molecule has 4 nitrogen and oxygen atoms in total. The molecule has 3 N–H and O–H groups in total. The molecule has 0 bridgehead atoms. The second kappa shape index (κ2) is 5.01. The summed E-state index contributed by atoms with van der Waals surface area (Å²) in [5.74, 6) is -2.11. The number of hydrogen-bond acceptors (Lipinski definition) is 3. The third-order valence-corrected chi connectivity index (χ3v) is 2.53. The van der Waals surface area contributed by atoms with E-state index in [0.29, 0.717) is 17.4 Å². The Morgan fingerprint density at radius 2 is 2.05 bits per heavy atom. The van der Waals surface area contributed by atoms with Gasteiger partial charge >= 0.3 is 0 Å². The number of nitrogen functional groups attached to an aromatic ring is 1. The smallest absolute Gasteiger partial charge is 0.257 e. The van der Waals surface area contributed by atoms with Gasteiger partial charge in [0.15, 0.2) is 0 Å². The standard InChI is InChI=1S/C13H11F2N3O/c1-7-10(5-9(16)6-17-7)13(19)18-12-3-2-8(14)4-11(12)15/h2-6H,16H2,1H3,(H,18,19). The Hall–Kier alpha value is -2.50. The number of halogens is 2. The number of anilines is 2. The van der Waals surface area contributed by atoms with E-state index < -0.39 is 17.5 Å². The van der Waals surface area contributed by atoms with E-state index in [2.05, 4.69) is 10.3 Å². The van der Waals surface area contributed by atoms with Crippen LogP contribution in [0.3, 0.4) is 0 Å². The monoisotopic (exact) mass is 263 g/mol. The van der Waals surface area contributed by atoms with Gasteiger partial charge in [0.05, 0.1) is 28.8 Å². The van der Waals surface area contributed by atoms with Crippen LogP contribution in [0.5, 0.6) is 0 Å². The maximum Gasteiger partial charge on any atom is 0.257 e. The molecule has 0 spiro atoms. The molecule has 98 valence electrons. The summed E-state index contributed by atoms with van der Waals surface area (Å²) in [6, 6.07) is 4.35. The fraction of sp³-hybridized carbons (Fsp3) is 0.0769. The minimum atomic E-state index is -0.845. The lowest BCUT2D eigenvalue weighted by Gasteiger charge is -2.08. The van der Waals surface area contributed by atoms with E-state index in [0.717, 1.165) is 12.1 Å². The summed E-state index contributed by atoms with van der Waals surface area (Å²) in [7, 11) is 0. The highest BCUT2D eigenvalue weighted by Gasteiger charge is 2.13. The number of aromatic nitrogens is 1. The van der Waals surface area contributed by atoms with Crippen molar-refractivity contribution in [2.75, 3.05) is 11.1 Å². The van der Waals surface area contributed by atoms with E-state index in [1.807, 2.05) is 0 Å². The van der Waals surface area contributed by atoms with Crippen molar-refractivity contribution in [1.29, 1.82) is 0 Å². The molecule has 0 saturated heterocycles. The molecule has 0 fully saturated rings. The molecule has 2 rings (SSSR count). The Morgan fingerprint density at radius 1 is 1.32 bits per heavy atom. The summed E-state index contributed by atoms with van der Waals surface area (Å²) in [5.41, 5.74) is 6.47. The van der Waals surface area contributed by atoms with Crippen LogP contribution in [-0.2, 0) is 0 Å². The van der Waals surface area contributed by atoms with Crippen molar-refractivity contribution in [3.63, 3.8) is 0 Å². The molecule has 1 aromatic carbocycles. The van der Waals surface area contributed by atoms with E-state index in [1.54, 1.807) is 6.92 Å². The van der Waals surface area contributed by atoms with Crippen molar-refractivity contribution in [2.45, 2.75) is 6.92 Å². The number of nitrogens with zero attached hydrogens (tertiary/aromatic N) is 1. The van der Waals surface area contributed by atoms with Gasteiger partial charge in [-0.05, 0) is 25.1 Å². The van der Waals surface area contributed by atoms with Gasteiger partial charge in [-0.25, -0.2) is 8.78 Å². The summed E-state index contributed by atoms with van der Waals surface area (Å²) in [4.78, 5) is 15.9. The Bertz CT molecular complexity index is 644. The second-order valence-electron chi connectivity index (χ2n) is 3.98. The number of nitrogens with one attached hydrogen (secondary N) is 1. The summed E-state index contributed by atoms with van der Waals surface area (Å²) in [5, 5.41) is 2.35. The average molecular weight is 263 g/mol. The first-order chi connectivity index (χ1) is 8.97. The highest BCUT2D eigenvalue weighted by molar-refractivity contribution is 6.05. The zero-order valence-electron chi connectivity index (χ0n) is 10.1. The van der Waals surface area contributed by atoms with Gasteiger partial charge in [0.2, 0.25) is 0 Å². The van der Waals surface area contributed by atoms with Crippen LogP contribution in [0.15, 0.2) is 30.5 Å². The molecule has 0 atom stereocenters. The van der Waals surface area contributed by atoms with E-state index in [-0.39, 0.29) is 11.3 Å². The number of nitrogens with two attached hydrogens (primary N) is 1. The minimum Gasteiger partial charge on any atom is -0.397 e. The van der Waals surface area contributed by atoms with Crippen molar-refractivity contribution < 1.29 is 13.6 Å². The zero-order chi connectivity index (χ0) is 14.0. The van der Waals surface area contributed by atoms with Gasteiger partial charge in [-0.3, -0.25) is 9.78 Å². The van der Waals surface area contributed by atoms with Crippen LogP contribution in [0.1, 0.15) is 16.1 Å². The number of aryl methyl sites for hydroxylation is 1. The average Bonchev–Trinajstić information content (AvgIpc) is 2.35. The predicted molar refractivity (Wildman–Crippen MR) is 67.7 cm³/mol. The molecule has 1 heterocycles. The summed E-state index contributed by atoms with van der Waals surface area (Å²) in [6.07, 6.45) is 1.42. The van der Waals surface area contributed by atoms with Crippen LogP contribution in [0.25, 0.3) is 0 Å². The third-order valence-electron chi connectivity index (χ3n) is 2.53. The van der Waals surface area contributed by atoms with Gasteiger partial charge in [0, 0.05) is 6.07 Å². The van der Waals surface area contributed by atoms with Gasteiger partial charge in [0.1, 0.15) is 11.6 Å². The van der Waals surface area contributed by atoms with Crippen LogP contribution in [0.4, 0.5) is 20.2 Å². The first kappa shape index (κ1) is 12.9. The molecule has 0 radical (unpaired) electrons. The maximum absolute atomic E-state index is 13.4. The lowest BCUT2D eigenvalue weighted by Crippen LogP contribution is -2.15. The topological polar surface area (TPSA) is 68.0 Å². The lowest BCUT2D eigenvalue weighted by atomic mass is 10.1. The van der Waals surface area contributed by atoms with Crippen molar-refractivity contribution in [2.24, 2.45) is 0 Å². The number of amides is 1. The first-order valence-electron chi connectivity index (χ1n) is 5.46. The Morgan fingerprint density at radius 3 is 2.74 bits per heavy atom. The Kier molecular flexibility index (Phi) is 3.41. The normalized spacial score (nSPS) is 10.3. The van der Waals surface area contributed by atoms with Gasteiger partial charge in [0.25, 0.3) is 5.91 Å². The Labute approximate surface area is 108 Å². The van der Waals surface area contributed by atoms with E-state index in [4.69, 9.17) is 5.73 Å². The van der Waals surface area contributed by atoms with Gasteiger partial charge in [-0.15, -0.1) is 0 Å². The molecule has 0 unspecified atom stereocenters. The third kappa shape index (κ3) is 2.85. The number of carbonyl (C=O) groups is 1. The number of rotatable bonds is 2. The van der Waals surface area contributed by atoms with E-state index >= 15 is 0 Å². The molecule has 0 saturated carbocycles. The summed E-state index contributed by atoms with van der Waals surface area (Å²) >= 11 is 0. The molecule has 1 aromatic heterocycles. The molecule has 1 amide bonds. The van der Waals surface area contributed by atoms with Crippen LogP contribution in [0.2, 0.25) is 0 Å². The van der Waals surface area contributed by atoms with Gasteiger partial charge < -0.3 is 11.1 Å². The quantitative estimate of drug-likeness (QED) is 0.874. The zero-order valence-corrected chi connectivity index (χ0v) is 10.1. The van der Waals surface area contributed by atoms with Crippen molar-refractivity contribution in [3.05, 3.63) is 53.4 Å². The van der Waals surface area contributed by atoms with Crippen molar-refractivity contribution in [1.82, 2.24) is 4.98 Å². The SMILES string of the molecule is Cc1ncc(N)cc1C(=O)Nc1ccc(F)cc1F. The molecular formula is C13H11F2N3O. The molecule has 0 aliphatic carbocycles. The van der Waals surface area contributed by atoms with Gasteiger partial charge in [-0.2, -0.15) is 0 Å². The number of pyridine rings is 1. The fourth-order valence-corrected chi connectivity index (χ4v) is 1.56. The van der Waals surface area contributed by atoms with Crippen molar-refractivity contribution in [3.8, 4) is 0 Å². The summed E-state index contributed by atoms with van der Waals surface area (Å²) < 4.78 is 26.2. The predicted octanol–water partition coefficient (Wildman–Crippen LogP) is 2.50. The molecular weight excluding hydrogens is 252 g/mol. The van der Waals surface area contributed by atoms with Crippen LogP contribution >= 0.6 is 0 Å². The minimum absolute atomic E-state index is 0.103. The van der Waals surface area contributed by atoms with Crippen molar-refractivity contribution >= 4 is 17.3 Å². The molecule has 2 aromatic rings. The fourth-order valence-electron chi connectivity index (χ4n) is 1.56. The summed E-state index contributed by atoms with van der Waals surface area (Å²) in [6.45, 7) is 1.63. The van der Waals surface area contributed by atoms with E-state index in [9.17, 15) is 13.6 Å². The number of benzene rings is 1. The maximum atomic E-state index is 13.4. The molecule has 0 aliphatic heterocycles. The molecule has 0 aliphatic rings. The van der Waals surface area contributed by atoms with Crippen LogP contribution < -0.4 is 11.1 Å². The highest BCUT2D eigenvalue weighted by atomic mass is 19.1. The highest BCUT2D eigenvalue weighted by Crippen LogP contribution is 2.17. The van der Waals surface area contributed by atoms with Crippen LogP contribution in [0, 0.1) is 18.6 Å². The number of carbonyl (C=O) groups excluding carboxylic acids is 1. The number of hydrogen-bond donors (Lipinski definition) is 2. The molecule has 6 heteroatoms. The lowest BCUT2D eigenvalue weighted by molar-refractivity contribution is 0.102. The largest absolute Gasteiger partial charge is 0.397 e. The van der Waals surface area contributed by atoms with Crippen LogP contribution in [-0.4, -0.2) is 10.9 Å². The first-order valence-corrected chi connectivity index (χ1v) is 5.46. The van der Waals surface area contributed by atoms with E-state index in [1.165, 1.54) is 12.3 Å².